The highest BCUT2D eigenvalue weighted by Crippen LogP contribution is 2.34. The fourth-order valence-corrected chi connectivity index (χ4v) is 3.13. The Balaban J connectivity index is 2.03. The molecule has 0 amide bonds. The van der Waals surface area contributed by atoms with Crippen molar-refractivity contribution in [3.8, 4) is 5.00 Å². The highest BCUT2D eigenvalue weighted by molar-refractivity contribution is 7.22. The molecular formula is C14H16FN5OS. The third kappa shape index (κ3) is 2.88. The summed E-state index contributed by atoms with van der Waals surface area (Å²) >= 11 is 1.49. The lowest BCUT2D eigenvalue weighted by Gasteiger charge is -2.08. The molecule has 22 heavy (non-hydrogen) atoms. The van der Waals surface area contributed by atoms with Crippen LogP contribution < -0.4 is 10.6 Å². The molecule has 6 nitrogen and oxygen atoms in total. The molecular weight excluding hydrogens is 305 g/mol. The number of aromatic nitrogens is 3. The van der Waals surface area contributed by atoms with E-state index in [2.05, 4.69) is 20.7 Å². The summed E-state index contributed by atoms with van der Waals surface area (Å²) in [6.45, 7) is 0.810. The lowest BCUT2D eigenvalue weighted by Crippen LogP contribution is -2.04. The van der Waals surface area contributed by atoms with Gasteiger partial charge in [-0.2, -0.15) is 5.10 Å². The Morgan fingerprint density at radius 1 is 1.41 bits per heavy atom. The van der Waals surface area contributed by atoms with Crippen LogP contribution in [0.1, 0.15) is 6.42 Å². The molecule has 3 aromatic rings. The number of thiophene rings is 1. The van der Waals surface area contributed by atoms with E-state index in [9.17, 15) is 4.39 Å². The number of hydrogen-bond donors (Lipinski definition) is 3. The first-order chi connectivity index (χ1) is 10.7. The molecule has 0 atom stereocenters. The summed E-state index contributed by atoms with van der Waals surface area (Å²) in [4.78, 5) is 4.51. The number of aliphatic hydroxyl groups is 1. The molecule has 3 N–H and O–H groups in total. The van der Waals surface area contributed by atoms with E-state index in [4.69, 9.17) is 5.11 Å². The monoisotopic (exact) mass is 321 g/mol. The molecule has 3 heterocycles. The molecule has 0 aliphatic rings. The topological polar surface area (TPSA) is 75.0 Å². The van der Waals surface area contributed by atoms with E-state index in [1.54, 1.807) is 0 Å². The van der Waals surface area contributed by atoms with Crippen molar-refractivity contribution in [2.45, 2.75) is 6.42 Å². The summed E-state index contributed by atoms with van der Waals surface area (Å²) in [6.07, 6.45) is 3.18. The number of fused-ring (bicyclic) bond motifs is 1. The minimum atomic E-state index is -0.373. The van der Waals surface area contributed by atoms with Crippen molar-refractivity contribution < 1.29 is 9.50 Å². The van der Waals surface area contributed by atoms with Crippen molar-refractivity contribution >= 4 is 33.1 Å². The Hall–Kier alpha value is -2.19. The average molecular weight is 321 g/mol. The summed E-state index contributed by atoms with van der Waals surface area (Å²) in [5, 5.41) is 20.0. The van der Waals surface area contributed by atoms with Gasteiger partial charge in [0.15, 0.2) is 5.82 Å². The molecule has 0 aromatic carbocycles. The molecule has 116 valence electrons. The Morgan fingerprint density at radius 2 is 2.27 bits per heavy atom. The second kappa shape index (κ2) is 6.29. The predicted octanol–water partition coefficient (Wildman–Crippen LogP) is 2.46. The van der Waals surface area contributed by atoms with Gasteiger partial charge in [-0.1, -0.05) is 0 Å². The van der Waals surface area contributed by atoms with E-state index in [0.717, 1.165) is 26.7 Å². The maximum Gasteiger partial charge on any atom is 0.161 e. The Kier molecular flexibility index (Phi) is 4.21. The number of aliphatic hydroxyl groups excluding tert-OH is 1. The maximum atomic E-state index is 13.1. The van der Waals surface area contributed by atoms with Crippen LogP contribution in [0.2, 0.25) is 0 Å². The second-order valence-corrected chi connectivity index (χ2v) is 5.74. The zero-order valence-corrected chi connectivity index (χ0v) is 12.8. The minimum Gasteiger partial charge on any atom is -0.396 e. The van der Waals surface area contributed by atoms with Crippen molar-refractivity contribution in [2.75, 3.05) is 30.8 Å². The van der Waals surface area contributed by atoms with Crippen LogP contribution in [-0.2, 0) is 0 Å². The van der Waals surface area contributed by atoms with Gasteiger partial charge in [-0.25, -0.2) is 14.1 Å². The summed E-state index contributed by atoms with van der Waals surface area (Å²) in [5.41, 5.74) is 1.75. The molecule has 0 saturated carbocycles. The van der Waals surface area contributed by atoms with E-state index in [-0.39, 0.29) is 12.4 Å². The molecule has 3 aromatic heterocycles. The molecule has 0 saturated heterocycles. The molecule has 8 heteroatoms. The van der Waals surface area contributed by atoms with Crippen molar-refractivity contribution in [2.24, 2.45) is 0 Å². The highest BCUT2D eigenvalue weighted by atomic mass is 32.1. The van der Waals surface area contributed by atoms with E-state index < -0.39 is 0 Å². The second-order valence-electron chi connectivity index (χ2n) is 4.71. The molecule has 0 aliphatic heterocycles. The number of anilines is 2. The number of halogens is 1. The molecule has 0 spiro atoms. The zero-order valence-electron chi connectivity index (χ0n) is 12.0. The van der Waals surface area contributed by atoms with Gasteiger partial charge in [0.2, 0.25) is 0 Å². The number of rotatable bonds is 6. The molecule has 0 fully saturated rings. The van der Waals surface area contributed by atoms with Crippen LogP contribution in [0.15, 0.2) is 24.5 Å². The molecule has 0 unspecified atom stereocenters. The Bertz CT molecular complexity index is 785. The summed E-state index contributed by atoms with van der Waals surface area (Å²) in [7, 11) is 1.81. The van der Waals surface area contributed by atoms with Crippen LogP contribution in [0.3, 0.4) is 0 Å². The standard InChI is InChI=1S/C14H16FN5OS/c1-16-12-5-10(17-3-2-4-21)14-11(19-12)6-13(22-14)20-8-9(15)7-18-20/h5-8,21H,2-4H2,1H3,(H2,16,17,19). The maximum absolute atomic E-state index is 13.1. The van der Waals surface area contributed by atoms with Crippen LogP contribution in [0.4, 0.5) is 15.9 Å². The fourth-order valence-electron chi connectivity index (χ4n) is 2.10. The first-order valence-corrected chi connectivity index (χ1v) is 7.70. The average Bonchev–Trinajstić information content (AvgIpc) is 3.13. The molecule has 0 bridgehead atoms. The van der Waals surface area contributed by atoms with Gasteiger partial charge < -0.3 is 15.7 Å². The molecule has 0 aliphatic carbocycles. The first-order valence-electron chi connectivity index (χ1n) is 6.89. The summed E-state index contributed by atoms with van der Waals surface area (Å²) in [6, 6.07) is 3.80. The third-order valence-corrected chi connectivity index (χ3v) is 4.30. The Morgan fingerprint density at radius 3 is 2.95 bits per heavy atom. The lowest BCUT2D eigenvalue weighted by atomic mass is 10.3. The normalized spacial score (nSPS) is 11.0. The largest absolute Gasteiger partial charge is 0.396 e. The van der Waals surface area contributed by atoms with Crippen molar-refractivity contribution in [1.82, 2.24) is 14.8 Å². The lowest BCUT2D eigenvalue weighted by molar-refractivity contribution is 0.292. The fraction of sp³-hybridized carbons (Fsp3) is 0.286. The van der Waals surface area contributed by atoms with E-state index >= 15 is 0 Å². The SMILES string of the molecule is CNc1cc(NCCCO)c2sc(-n3cc(F)cn3)cc2n1. The highest BCUT2D eigenvalue weighted by Gasteiger charge is 2.12. The minimum absolute atomic E-state index is 0.141. The quantitative estimate of drug-likeness (QED) is 0.608. The van der Waals surface area contributed by atoms with E-state index in [1.165, 1.54) is 28.4 Å². The zero-order chi connectivity index (χ0) is 15.5. The predicted molar refractivity (Wildman–Crippen MR) is 86.4 cm³/mol. The van der Waals surface area contributed by atoms with Gasteiger partial charge in [0.25, 0.3) is 0 Å². The van der Waals surface area contributed by atoms with Gasteiger partial charge in [-0.15, -0.1) is 11.3 Å². The van der Waals surface area contributed by atoms with Gasteiger partial charge in [-0.3, -0.25) is 0 Å². The van der Waals surface area contributed by atoms with Crippen LogP contribution in [-0.4, -0.2) is 40.1 Å². The molecule has 3 rings (SSSR count). The Labute approximate surface area is 130 Å². The van der Waals surface area contributed by atoms with Crippen LogP contribution in [0.25, 0.3) is 15.2 Å². The van der Waals surface area contributed by atoms with Gasteiger partial charge >= 0.3 is 0 Å². The van der Waals surface area contributed by atoms with E-state index in [0.29, 0.717) is 13.0 Å². The van der Waals surface area contributed by atoms with Crippen molar-refractivity contribution in [3.63, 3.8) is 0 Å². The van der Waals surface area contributed by atoms with Crippen molar-refractivity contribution in [1.29, 1.82) is 0 Å². The number of hydrogen-bond acceptors (Lipinski definition) is 6. The first kappa shape index (κ1) is 14.7. The smallest absolute Gasteiger partial charge is 0.161 e. The van der Waals surface area contributed by atoms with Gasteiger partial charge in [-0.05, 0) is 6.42 Å². The number of nitrogens with one attached hydrogen (secondary N) is 2. The van der Waals surface area contributed by atoms with Crippen LogP contribution in [0, 0.1) is 5.82 Å². The molecule has 0 radical (unpaired) electrons. The number of nitrogens with zero attached hydrogens (tertiary/aromatic N) is 3. The number of pyridine rings is 1. The van der Waals surface area contributed by atoms with E-state index in [1.807, 2.05) is 19.2 Å². The van der Waals surface area contributed by atoms with Crippen LogP contribution >= 0.6 is 11.3 Å². The van der Waals surface area contributed by atoms with Gasteiger partial charge in [0.1, 0.15) is 10.8 Å². The van der Waals surface area contributed by atoms with Gasteiger partial charge in [0.05, 0.1) is 28.3 Å². The summed E-state index contributed by atoms with van der Waals surface area (Å²) < 4.78 is 15.6. The third-order valence-electron chi connectivity index (χ3n) is 3.15. The van der Waals surface area contributed by atoms with Gasteiger partial charge in [0, 0.05) is 32.3 Å². The summed E-state index contributed by atoms with van der Waals surface area (Å²) in [5.74, 6) is 0.373. The van der Waals surface area contributed by atoms with Crippen LogP contribution in [0.5, 0.6) is 0 Å². The van der Waals surface area contributed by atoms with Crippen molar-refractivity contribution in [3.05, 3.63) is 30.3 Å².